The van der Waals surface area contributed by atoms with Crippen LogP contribution in [-0.4, -0.2) is 47.0 Å². The van der Waals surface area contributed by atoms with E-state index in [4.69, 9.17) is 0 Å². The van der Waals surface area contributed by atoms with E-state index < -0.39 is 0 Å². The van der Waals surface area contributed by atoms with Crippen LogP contribution >= 0.6 is 0 Å². The summed E-state index contributed by atoms with van der Waals surface area (Å²) in [7, 11) is 0. The number of hydrogen-bond donors (Lipinski definition) is 2. The number of amides is 1. The molecule has 76 valence electrons. The minimum Gasteiger partial charge on any atom is -0.338 e. The molecule has 5 nitrogen and oxygen atoms in total. The Morgan fingerprint density at radius 3 is 2.79 bits per heavy atom. The third-order valence-electron chi connectivity index (χ3n) is 2.34. The summed E-state index contributed by atoms with van der Waals surface area (Å²) in [6, 6.07) is 0. The lowest BCUT2D eigenvalue weighted by Crippen LogP contribution is -2.46. The summed E-state index contributed by atoms with van der Waals surface area (Å²) in [5.74, 6) is 0.829. The second kappa shape index (κ2) is 3.79. The zero-order chi connectivity index (χ0) is 9.97. The van der Waals surface area contributed by atoms with Crippen LogP contribution in [0.5, 0.6) is 0 Å². The molecule has 0 saturated carbocycles. The number of rotatable bonds is 1. The summed E-state index contributed by atoms with van der Waals surface area (Å²) >= 11 is 0. The van der Waals surface area contributed by atoms with Gasteiger partial charge in [-0.25, -0.2) is 4.98 Å². The molecule has 0 atom stereocenters. The second-order valence-electron chi connectivity index (χ2n) is 3.42. The SMILES string of the molecule is Cc1ncc(C(=O)N2CCNCC2)[nH]1. The Morgan fingerprint density at radius 2 is 2.21 bits per heavy atom. The summed E-state index contributed by atoms with van der Waals surface area (Å²) < 4.78 is 0. The van der Waals surface area contributed by atoms with Crippen molar-refractivity contribution in [3.63, 3.8) is 0 Å². The maximum absolute atomic E-state index is 11.8. The topological polar surface area (TPSA) is 61.0 Å². The zero-order valence-electron chi connectivity index (χ0n) is 8.21. The third-order valence-corrected chi connectivity index (χ3v) is 2.34. The Bertz CT molecular complexity index is 327. The first-order valence-electron chi connectivity index (χ1n) is 4.79. The normalized spacial score (nSPS) is 17.1. The van der Waals surface area contributed by atoms with Crippen LogP contribution in [0.15, 0.2) is 6.20 Å². The van der Waals surface area contributed by atoms with Crippen molar-refractivity contribution in [2.75, 3.05) is 26.2 Å². The van der Waals surface area contributed by atoms with Crippen LogP contribution in [0.3, 0.4) is 0 Å². The van der Waals surface area contributed by atoms with E-state index in [-0.39, 0.29) is 5.91 Å². The number of imidazole rings is 1. The number of carbonyl (C=O) groups excluding carboxylic acids is 1. The van der Waals surface area contributed by atoms with Crippen molar-refractivity contribution in [3.05, 3.63) is 17.7 Å². The highest BCUT2D eigenvalue weighted by Gasteiger charge is 2.18. The molecule has 0 aliphatic carbocycles. The van der Waals surface area contributed by atoms with E-state index in [1.165, 1.54) is 0 Å². The molecule has 2 N–H and O–H groups in total. The van der Waals surface area contributed by atoms with Gasteiger partial charge in [-0.3, -0.25) is 4.79 Å². The van der Waals surface area contributed by atoms with Crippen LogP contribution in [0.1, 0.15) is 16.3 Å². The Hall–Kier alpha value is -1.36. The van der Waals surface area contributed by atoms with Gasteiger partial charge in [0.1, 0.15) is 11.5 Å². The molecule has 0 radical (unpaired) electrons. The second-order valence-corrected chi connectivity index (χ2v) is 3.42. The number of nitrogens with zero attached hydrogens (tertiary/aromatic N) is 2. The van der Waals surface area contributed by atoms with Gasteiger partial charge < -0.3 is 15.2 Å². The highest BCUT2D eigenvalue weighted by molar-refractivity contribution is 5.92. The first-order valence-corrected chi connectivity index (χ1v) is 4.79. The molecule has 2 heterocycles. The van der Waals surface area contributed by atoms with Gasteiger partial charge in [0.05, 0.1) is 6.20 Å². The first kappa shape index (κ1) is 9.21. The van der Waals surface area contributed by atoms with Crippen molar-refractivity contribution < 1.29 is 4.79 Å². The molecular weight excluding hydrogens is 180 g/mol. The Labute approximate surface area is 82.5 Å². The molecule has 1 aliphatic rings. The maximum atomic E-state index is 11.8. The summed E-state index contributed by atoms with van der Waals surface area (Å²) in [6.07, 6.45) is 1.60. The van der Waals surface area contributed by atoms with Crippen LogP contribution in [0.25, 0.3) is 0 Å². The molecule has 0 aromatic carbocycles. The number of carbonyl (C=O) groups is 1. The minimum atomic E-state index is 0.0482. The van der Waals surface area contributed by atoms with E-state index in [0.717, 1.165) is 32.0 Å². The van der Waals surface area contributed by atoms with Crippen molar-refractivity contribution in [1.29, 1.82) is 0 Å². The van der Waals surface area contributed by atoms with Gasteiger partial charge in [-0.15, -0.1) is 0 Å². The van der Waals surface area contributed by atoms with Gasteiger partial charge in [-0.2, -0.15) is 0 Å². The quantitative estimate of drug-likeness (QED) is 0.649. The van der Waals surface area contributed by atoms with Crippen LogP contribution in [0.4, 0.5) is 0 Å². The van der Waals surface area contributed by atoms with Crippen molar-refractivity contribution in [1.82, 2.24) is 20.2 Å². The molecule has 0 bridgehead atoms. The smallest absolute Gasteiger partial charge is 0.272 e. The molecule has 5 heteroatoms. The monoisotopic (exact) mass is 194 g/mol. The van der Waals surface area contributed by atoms with Crippen LogP contribution < -0.4 is 5.32 Å². The lowest BCUT2D eigenvalue weighted by Gasteiger charge is -2.26. The molecular formula is C9H14N4O. The van der Waals surface area contributed by atoms with Crippen molar-refractivity contribution in [3.8, 4) is 0 Å². The number of aromatic nitrogens is 2. The van der Waals surface area contributed by atoms with Crippen LogP contribution in [0, 0.1) is 6.92 Å². The van der Waals surface area contributed by atoms with Gasteiger partial charge in [-0.05, 0) is 6.92 Å². The number of nitrogens with one attached hydrogen (secondary N) is 2. The summed E-state index contributed by atoms with van der Waals surface area (Å²) in [5, 5.41) is 3.21. The standard InChI is InChI=1S/C9H14N4O/c1-7-11-6-8(12-7)9(14)13-4-2-10-3-5-13/h6,10H,2-5H2,1H3,(H,11,12). The fourth-order valence-corrected chi connectivity index (χ4v) is 1.57. The number of hydrogen-bond acceptors (Lipinski definition) is 3. The zero-order valence-corrected chi connectivity index (χ0v) is 8.21. The Morgan fingerprint density at radius 1 is 1.50 bits per heavy atom. The lowest BCUT2D eigenvalue weighted by atomic mass is 10.3. The van der Waals surface area contributed by atoms with Gasteiger partial charge in [-0.1, -0.05) is 0 Å². The van der Waals surface area contributed by atoms with Crippen molar-refractivity contribution in [2.24, 2.45) is 0 Å². The van der Waals surface area contributed by atoms with E-state index in [9.17, 15) is 4.79 Å². The van der Waals surface area contributed by atoms with E-state index in [2.05, 4.69) is 15.3 Å². The summed E-state index contributed by atoms with van der Waals surface area (Å²) in [4.78, 5) is 20.6. The summed E-state index contributed by atoms with van der Waals surface area (Å²) in [5.41, 5.74) is 0.587. The predicted octanol–water partition coefficient (Wildman–Crippen LogP) is -0.236. The highest BCUT2D eigenvalue weighted by Crippen LogP contribution is 2.03. The molecule has 0 unspecified atom stereocenters. The molecule has 0 spiro atoms. The Balaban J connectivity index is 2.07. The van der Waals surface area contributed by atoms with Gasteiger partial charge in [0, 0.05) is 26.2 Å². The number of aromatic amines is 1. The molecule has 1 aromatic heterocycles. The maximum Gasteiger partial charge on any atom is 0.272 e. The first-order chi connectivity index (χ1) is 6.77. The molecule has 1 aromatic rings. The fraction of sp³-hybridized carbons (Fsp3) is 0.556. The van der Waals surface area contributed by atoms with Gasteiger partial charge in [0.25, 0.3) is 5.91 Å². The molecule has 1 saturated heterocycles. The van der Waals surface area contributed by atoms with Gasteiger partial charge in [0.15, 0.2) is 0 Å². The lowest BCUT2D eigenvalue weighted by molar-refractivity contribution is 0.0730. The van der Waals surface area contributed by atoms with E-state index in [0.29, 0.717) is 5.69 Å². The number of aryl methyl sites for hydroxylation is 1. The molecule has 1 amide bonds. The van der Waals surface area contributed by atoms with E-state index >= 15 is 0 Å². The molecule has 14 heavy (non-hydrogen) atoms. The predicted molar refractivity (Wildman–Crippen MR) is 52.1 cm³/mol. The number of piperazine rings is 1. The van der Waals surface area contributed by atoms with Crippen LogP contribution in [-0.2, 0) is 0 Å². The highest BCUT2D eigenvalue weighted by atomic mass is 16.2. The average molecular weight is 194 g/mol. The van der Waals surface area contributed by atoms with E-state index in [1.54, 1.807) is 6.20 Å². The van der Waals surface area contributed by atoms with Gasteiger partial charge in [0.2, 0.25) is 0 Å². The summed E-state index contributed by atoms with van der Waals surface area (Å²) in [6.45, 7) is 5.14. The average Bonchev–Trinajstić information content (AvgIpc) is 2.65. The van der Waals surface area contributed by atoms with Gasteiger partial charge >= 0.3 is 0 Å². The van der Waals surface area contributed by atoms with Crippen molar-refractivity contribution in [2.45, 2.75) is 6.92 Å². The van der Waals surface area contributed by atoms with Crippen LogP contribution in [0.2, 0.25) is 0 Å². The van der Waals surface area contributed by atoms with E-state index in [1.807, 2.05) is 11.8 Å². The molecule has 1 aliphatic heterocycles. The fourth-order valence-electron chi connectivity index (χ4n) is 1.57. The number of H-pyrrole nitrogens is 1. The molecule has 2 rings (SSSR count). The minimum absolute atomic E-state index is 0.0482. The Kier molecular flexibility index (Phi) is 2.49. The molecule has 1 fully saturated rings. The largest absolute Gasteiger partial charge is 0.338 e. The van der Waals surface area contributed by atoms with Crippen molar-refractivity contribution >= 4 is 5.91 Å². The third kappa shape index (κ3) is 1.77.